The van der Waals surface area contributed by atoms with E-state index in [1.54, 1.807) is 0 Å². The highest BCUT2D eigenvalue weighted by atomic mass is 15.2. The van der Waals surface area contributed by atoms with Gasteiger partial charge in [-0.1, -0.05) is 0 Å². The first-order valence-electron chi connectivity index (χ1n) is 3.17. The molecule has 1 aliphatic heterocycles. The van der Waals surface area contributed by atoms with E-state index in [0.29, 0.717) is 5.54 Å². The monoisotopic (exact) mass is 112 g/mol. The SMILES string of the molecule is CC(C)(C)N1C[CH]C1. The van der Waals surface area contributed by atoms with E-state index in [-0.39, 0.29) is 0 Å². The molecule has 0 saturated carbocycles. The zero-order valence-corrected chi connectivity index (χ0v) is 5.94. The van der Waals surface area contributed by atoms with Crippen LogP contribution in [0.5, 0.6) is 0 Å². The van der Waals surface area contributed by atoms with Crippen LogP contribution >= 0.6 is 0 Å². The van der Waals surface area contributed by atoms with Gasteiger partial charge in [-0.25, -0.2) is 0 Å². The van der Waals surface area contributed by atoms with Crippen molar-refractivity contribution >= 4 is 0 Å². The Bertz CT molecular complexity index is 76.9. The number of hydrogen-bond acceptors (Lipinski definition) is 1. The van der Waals surface area contributed by atoms with Gasteiger partial charge < -0.3 is 0 Å². The van der Waals surface area contributed by atoms with Crippen molar-refractivity contribution in [2.45, 2.75) is 26.3 Å². The quantitative estimate of drug-likeness (QED) is 0.456. The molecule has 47 valence electrons. The summed E-state index contributed by atoms with van der Waals surface area (Å²) < 4.78 is 0. The Balaban J connectivity index is 2.34. The molecule has 8 heavy (non-hydrogen) atoms. The highest BCUT2D eigenvalue weighted by molar-refractivity contribution is 4.93. The van der Waals surface area contributed by atoms with Crippen LogP contribution in [0, 0.1) is 6.42 Å². The number of hydrogen-bond donors (Lipinski definition) is 0. The lowest BCUT2D eigenvalue weighted by Gasteiger charge is -2.42. The van der Waals surface area contributed by atoms with Crippen molar-refractivity contribution in [2.75, 3.05) is 13.1 Å². The van der Waals surface area contributed by atoms with Crippen molar-refractivity contribution in [3.05, 3.63) is 6.42 Å². The molecule has 1 heterocycles. The van der Waals surface area contributed by atoms with E-state index < -0.39 is 0 Å². The van der Waals surface area contributed by atoms with Crippen LogP contribution in [0.4, 0.5) is 0 Å². The van der Waals surface area contributed by atoms with Gasteiger partial charge in [0.2, 0.25) is 0 Å². The average molecular weight is 112 g/mol. The predicted molar refractivity (Wildman–Crippen MR) is 35.6 cm³/mol. The molecule has 0 atom stereocenters. The molecule has 1 radical (unpaired) electrons. The van der Waals surface area contributed by atoms with Crippen LogP contribution in [0.25, 0.3) is 0 Å². The van der Waals surface area contributed by atoms with Gasteiger partial charge in [-0.15, -0.1) is 0 Å². The fourth-order valence-corrected chi connectivity index (χ4v) is 0.806. The van der Waals surface area contributed by atoms with Crippen LogP contribution in [0.2, 0.25) is 0 Å². The van der Waals surface area contributed by atoms with Crippen LogP contribution < -0.4 is 0 Å². The fraction of sp³-hybridized carbons (Fsp3) is 0.857. The standard InChI is InChI=1S/C7H14N/c1-7(2,3)8-5-4-6-8/h4H,5-6H2,1-3H3. The summed E-state index contributed by atoms with van der Waals surface area (Å²) in [4.78, 5) is 2.44. The third-order valence-corrected chi connectivity index (χ3v) is 1.65. The zero-order valence-electron chi connectivity index (χ0n) is 5.94. The van der Waals surface area contributed by atoms with Crippen LogP contribution in [0.15, 0.2) is 0 Å². The van der Waals surface area contributed by atoms with Gasteiger partial charge in [0.15, 0.2) is 0 Å². The minimum atomic E-state index is 0.398. The lowest BCUT2D eigenvalue weighted by molar-refractivity contribution is 0.111. The molecule has 1 heteroatoms. The summed E-state index contributed by atoms with van der Waals surface area (Å²) in [6.07, 6.45) is 2.30. The van der Waals surface area contributed by atoms with E-state index in [0.717, 1.165) is 0 Å². The first-order valence-corrected chi connectivity index (χ1v) is 3.17. The summed E-state index contributed by atoms with van der Waals surface area (Å²) in [5, 5.41) is 0. The maximum atomic E-state index is 2.44. The largest absolute Gasteiger partial charge is 0.298 e. The van der Waals surface area contributed by atoms with Crippen LogP contribution in [0.3, 0.4) is 0 Å². The number of rotatable bonds is 0. The van der Waals surface area contributed by atoms with E-state index in [9.17, 15) is 0 Å². The summed E-state index contributed by atoms with van der Waals surface area (Å²) in [6, 6.07) is 0. The van der Waals surface area contributed by atoms with Gasteiger partial charge in [-0.3, -0.25) is 4.90 Å². The number of nitrogens with zero attached hydrogens (tertiary/aromatic N) is 1. The lowest BCUT2D eigenvalue weighted by atomic mass is 10.0. The van der Waals surface area contributed by atoms with E-state index in [4.69, 9.17) is 0 Å². The minimum Gasteiger partial charge on any atom is -0.298 e. The molecule has 0 unspecified atom stereocenters. The Morgan fingerprint density at radius 3 is 1.75 bits per heavy atom. The maximum Gasteiger partial charge on any atom is 0.0125 e. The maximum absolute atomic E-state index is 2.44. The van der Waals surface area contributed by atoms with Gasteiger partial charge >= 0.3 is 0 Å². The third-order valence-electron chi connectivity index (χ3n) is 1.65. The summed E-state index contributed by atoms with van der Waals surface area (Å²) in [6.45, 7) is 9.12. The Kier molecular flexibility index (Phi) is 1.31. The van der Waals surface area contributed by atoms with E-state index in [1.807, 2.05) is 0 Å². The Morgan fingerprint density at radius 1 is 1.25 bits per heavy atom. The number of likely N-dealkylation sites (tertiary alicyclic amines) is 1. The molecule has 0 N–H and O–H groups in total. The fourth-order valence-electron chi connectivity index (χ4n) is 0.806. The molecule has 1 nitrogen and oxygen atoms in total. The first-order chi connectivity index (χ1) is 3.61. The van der Waals surface area contributed by atoms with Crippen LogP contribution in [0.1, 0.15) is 20.8 Å². The smallest absolute Gasteiger partial charge is 0.0125 e. The second-order valence-electron chi connectivity index (χ2n) is 3.36. The summed E-state index contributed by atoms with van der Waals surface area (Å²) in [5.74, 6) is 0. The van der Waals surface area contributed by atoms with E-state index in [2.05, 4.69) is 32.1 Å². The molecule has 0 bridgehead atoms. The summed E-state index contributed by atoms with van der Waals surface area (Å²) >= 11 is 0. The highest BCUT2D eigenvalue weighted by Crippen LogP contribution is 2.18. The van der Waals surface area contributed by atoms with Crippen molar-refractivity contribution in [2.24, 2.45) is 0 Å². The van der Waals surface area contributed by atoms with Crippen molar-refractivity contribution in [3.63, 3.8) is 0 Å². The van der Waals surface area contributed by atoms with Gasteiger partial charge in [0.05, 0.1) is 0 Å². The molecule has 0 aromatic rings. The molecular formula is C7H14N. The lowest BCUT2D eigenvalue weighted by Crippen LogP contribution is -2.50. The third kappa shape index (κ3) is 1.03. The topological polar surface area (TPSA) is 3.24 Å². The Morgan fingerprint density at radius 2 is 1.75 bits per heavy atom. The van der Waals surface area contributed by atoms with Gasteiger partial charge in [0, 0.05) is 18.6 Å². The van der Waals surface area contributed by atoms with Crippen molar-refractivity contribution < 1.29 is 0 Å². The van der Waals surface area contributed by atoms with Crippen LogP contribution in [-0.2, 0) is 0 Å². The molecule has 1 saturated heterocycles. The molecule has 0 spiro atoms. The van der Waals surface area contributed by atoms with Crippen molar-refractivity contribution in [1.29, 1.82) is 0 Å². The van der Waals surface area contributed by atoms with Gasteiger partial charge in [-0.05, 0) is 27.2 Å². The molecule has 1 rings (SSSR count). The summed E-state index contributed by atoms with van der Waals surface area (Å²) in [7, 11) is 0. The Labute approximate surface area is 51.7 Å². The van der Waals surface area contributed by atoms with Gasteiger partial charge in [0.1, 0.15) is 0 Å². The second-order valence-corrected chi connectivity index (χ2v) is 3.36. The predicted octanol–water partition coefficient (Wildman–Crippen LogP) is 1.30. The van der Waals surface area contributed by atoms with E-state index >= 15 is 0 Å². The van der Waals surface area contributed by atoms with Crippen molar-refractivity contribution in [1.82, 2.24) is 4.90 Å². The van der Waals surface area contributed by atoms with Crippen LogP contribution in [-0.4, -0.2) is 23.5 Å². The second kappa shape index (κ2) is 1.73. The molecule has 0 amide bonds. The van der Waals surface area contributed by atoms with Gasteiger partial charge in [-0.2, -0.15) is 0 Å². The normalized spacial score (nSPS) is 22.9. The van der Waals surface area contributed by atoms with Crippen molar-refractivity contribution in [3.8, 4) is 0 Å². The average Bonchev–Trinajstić information content (AvgIpc) is 1.16. The van der Waals surface area contributed by atoms with E-state index in [1.165, 1.54) is 13.1 Å². The molecule has 1 fully saturated rings. The summed E-state index contributed by atoms with van der Waals surface area (Å²) in [5.41, 5.74) is 0.398. The zero-order chi connectivity index (χ0) is 6.20. The molecule has 0 aromatic heterocycles. The molecule has 0 aromatic carbocycles. The minimum absolute atomic E-state index is 0.398. The van der Waals surface area contributed by atoms with Gasteiger partial charge in [0.25, 0.3) is 0 Å². The molecule has 0 aliphatic carbocycles. The Hall–Kier alpha value is -0.0400. The molecular weight excluding hydrogens is 98.1 g/mol. The molecule has 1 aliphatic rings. The first kappa shape index (κ1) is 6.09. The highest BCUT2D eigenvalue weighted by Gasteiger charge is 2.25.